The van der Waals surface area contributed by atoms with Crippen molar-refractivity contribution in [3.05, 3.63) is 34.3 Å². The van der Waals surface area contributed by atoms with Crippen molar-refractivity contribution in [3.63, 3.8) is 0 Å². The van der Waals surface area contributed by atoms with E-state index in [4.69, 9.17) is 16.9 Å². The largest absolute Gasteiger partial charge is 0.296 e. The van der Waals surface area contributed by atoms with E-state index in [-0.39, 0.29) is 0 Å². The Morgan fingerprint density at radius 3 is 2.35 bits per heavy atom. The molecule has 0 spiro atoms. The third kappa shape index (κ3) is 4.81. The lowest BCUT2D eigenvalue weighted by Gasteiger charge is -2.32. The molecule has 0 bridgehead atoms. The van der Waals surface area contributed by atoms with Crippen molar-refractivity contribution < 1.29 is 0 Å². The average molecular weight is 293 g/mol. The SMILES string of the molecule is CCC(CC)N(Cc1ccc(C#N)cc1Cl)CC(C)C. The Labute approximate surface area is 128 Å². The summed E-state index contributed by atoms with van der Waals surface area (Å²) in [5.41, 5.74) is 1.73. The van der Waals surface area contributed by atoms with Crippen LogP contribution in [0.4, 0.5) is 0 Å². The monoisotopic (exact) mass is 292 g/mol. The summed E-state index contributed by atoms with van der Waals surface area (Å²) >= 11 is 6.30. The Balaban J connectivity index is 2.91. The van der Waals surface area contributed by atoms with Crippen LogP contribution in [0.5, 0.6) is 0 Å². The Morgan fingerprint density at radius 1 is 1.25 bits per heavy atom. The first-order valence-electron chi connectivity index (χ1n) is 7.44. The Hall–Kier alpha value is -1.04. The van der Waals surface area contributed by atoms with E-state index in [1.54, 1.807) is 6.07 Å². The summed E-state index contributed by atoms with van der Waals surface area (Å²) < 4.78 is 0. The predicted octanol–water partition coefficient (Wildman–Crippen LogP) is 4.86. The summed E-state index contributed by atoms with van der Waals surface area (Å²) in [4.78, 5) is 2.51. The fourth-order valence-electron chi connectivity index (χ4n) is 2.58. The number of benzene rings is 1. The number of nitrogens with zero attached hydrogens (tertiary/aromatic N) is 2. The molecule has 0 fully saturated rings. The van der Waals surface area contributed by atoms with Crippen LogP contribution in [0.2, 0.25) is 5.02 Å². The fraction of sp³-hybridized carbons (Fsp3) is 0.588. The van der Waals surface area contributed by atoms with E-state index in [2.05, 4.69) is 38.7 Å². The molecule has 0 aliphatic rings. The topological polar surface area (TPSA) is 27.0 Å². The van der Waals surface area contributed by atoms with Gasteiger partial charge < -0.3 is 0 Å². The highest BCUT2D eigenvalue weighted by molar-refractivity contribution is 6.31. The van der Waals surface area contributed by atoms with Crippen LogP contribution >= 0.6 is 11.6 Å². The lowest BCUT2D eigenvalue weighted by molar-refractivity contribution is 0.157. The van der Waals surface area contributed by atoms with Crippen LogP contribution in [-0.2, 0) is 6.54 Å². The maximum absolute atomic E-state index is 8.90. The summed E-state index contributed by atoms with van der Waals surface area (Å²) in [6.45, 7) is 10.9. The molecule has 3 heteroatoms. The third-order valence-electron chi connectivity index (χ3n) is 3.61. The predicted molar refractivity (Wildman–Crippen MR) is 85.8 cm³/mol. The Kier molecular flexibility index (Phi) is 7.05. The standard InChI is InChI=1S/C17H25ClN2/c1-5-16(6-2)20(11-13(3)4)12-15-8-7-14(10-19)9-17(15)18/h7-9,13,16H,5-6,11-12H2,1-4H3. The van der Waals surface area contributed by atoms with Crippen LogP contribution in [0.1, 0.15) is 51.7 Å². The second-order valence-electron chi connectivity index (χ2n) is 5.71. The molecule has 0 aromatic heterocycles. The van der Waals surface area contributed by atoms with Crippen molar-refractivity contribution in [2.45, 2.75) is 53.1 Å². The van der Waals surface area contributed by atoms with Crippen LogP contribution in [0, 0.1) is 17.2 Å². The summed E-state index contributed by atoms with van der Waals surface area (Å²) in [5, 5.41) is 9.60. The lowest BCUT2D eigenvalue weighted by Crippen LogP contribution is -2.36. The summed E-state index contributed by atoms with van der Waals surface area (Å²) in [6.07, 6.45) is 2.30. The number of rotatable bonds is 7. The van der Waals surface area contributed by atoms with Crippen molar-refractivity contribution >= 4 is 11.6 Å². The molecule has 0 saturated carbocycles. The van der Waals surface area contributed by atoms with Gasteiger partial charge in [-0.1, -0.05) is 45.4 Å². The van der Waals surface area contributed by atoms with Gasteiger partial charge in [-0.15, -0.1) is 0 Å². The van der Waals surface area contributed by atoms with Crippen LogP contribution in [0.15, 0.2) is 18.2 Å². The zero-order chi connectivity index (χ0) is 15.1. The van der Waals surface area contributed by atoms with E-state index in [1.807, 2.05) is 12.1 Å². The Morgan fingerprint density at radius 2 is 1.90 bits per heavy atom. The molecule has 0 amide bonds. The zero-order valence-electron chi connectivity index (χ0n) is 13.0. The second kappa shape index (κ2) is 8.29. The summed E-state index contributed by atoms with van der Waals surface area (Å²) in [6, 6.07) is 8.31. The van der Waals surface area contributed by atoms with Gasteiger partial charge in [0, 0.05) is 24.2 Å². The van der Waals surface area contributed by atoms with Crippen molar-refractivity contribution in [3.8, 4) is 6.07 Å². The van der Waals surface area contributed by atoms with Gasteiger partial charge in [-0.25, -0.2) is 0 Å². The lowest BCUT2D eigenvalue weighted by atomic mass is 10.1. The van der Waals surface area contributed by atoms with Crippen LogP contribution in [0.3, 0.4) is 0 Å². The first-order valence-corrected chi connectivity index (χ1v) is 7.82. The van der Waals surface area contributed by atoms with Gasteiger partial charge in [0.1, 0.15) is 0 Å². The summed E-state index contributed by atoms with van der Waals surface area (Å²) in [5.74, 6) is 0.632. The quantitative estimate of drug-likeness (QED) is 0.718. The molecule has 0 saturated heterocycles. The van der Waals surface area contributed by atoms with Crippen LogP contribution in [-0.4, -0.2) is 17.5 Å². The maximum Gasteiger partial charge on any atom is 0.0992 e. The smallest absolute Gasteiger partial charge is 0.0992 e. The third-order valence-corrected chi connectivity index (χ3v) is 3.97. The molecule has 0 N–H and O–H groups in total. The second-order valence-corrected chi connectivity index (χ2v) is 6.12. The van der Waals surface area contributed by atoms with E-state index < -0.39 is 0 Å². The molecule has 1 aromatic rings. The molecule has 0 aliphatic carbocycles. The maximum atomic E-state index is 8.90. The highest BCUT2D eigenvalue weighted by atomic mass is 35.5. The molecule has 0 radical (unpaired) electrons. The van der Waals surface area contributed by atoms with E-state index in [9.17, 15) is 0 Å². The molecule has 0 heterocycles. The van der Waals surface area contributed by atoms with Crippen molar-refractivity contribution in [1.82, 2.24) is 4.90 Å². The molecule has 2 nitrogen and oxygen atoms in total. The molecule has 1 aromatic carbocycles. The van der Waals surface area contributed by atoms with E-state index in [0.29, 0.717) is 22.5 Å². The van der Waals surface area contributed by atoms with E-state index >= 15 is 0 Å². The molecule has 20 heavy (non-hydrogen) atoms. The van der Waals surface area contributed by atoms with E-state index in [1.165, 1.54) is 0 Å². The van der Waals surface area contributed by atoms with Gasteiger partial charge in [0.25, 0.3) is 0 Å². The van der Waals surface area contributed by atoms with Crippen molar-refractivity contribution in [2.75, 3.05) is 6.54 Å². The van der Waals surface area contributed by atoms with Crippen LogP contribution in [0.25, 0.3) is 0 Å². The first-order chi connectivity index (χ1) is 9.51. The molecular formula is C17H25ClN2. The van der Waals surface area contributed by atoms with Gasteiger partial charge in [0.15, 0.2) is 0 Å². The molecule has 110 valence electrons. The van der Waals surface area contributed by atoms with Gasteiger partial charge in [-0.05, 0) is 36.5 Å². The zero-order valence-corrected chi connectivity index (χ0v) is 13.7. The highest BCUT2D eigenvalue weighted by Crippen LogP contribution is 2.22. The minimum Gasteiger partial charge on any atom is -0.296 e. The molecule has 1 rings (SSSR count). The van der Waals surface area contributed by atoms with Crippen molar-refractivity contribution in [1.29, 1.82) is 5.26 Å². The average Bonchev–Trinajstić information content (AvgIpc) is 2.41. The molecule has 0 atom stereocenters. The summed E-state index contributed by atoms with van der Waals surface area (Å²) in [7, 11) is 0. The van der Waals surface area contributed by atoms with Gasteiger partial charge >= 0.3 is 0 Å². The first kappa shape index (κ1) is 17.0. The normalized spacial score (nSPS) is 11.3. The minimum atomic E-state index is 0.587. The number of hydrogen-bond acceptors (Lipinski definition) is 2. The molecule has 0 unspecified atom stereocenters. The van der Waals surface area contributed by atoms with Gasteiger partial charge in [0.2, 0.25) is 0 Å². The Bertz CT molecular complexity index is 459. The van der Waals surface area contributed by atoms with E-state index in [0.717, 1.165) is 31.5 Å². The van der Waals surface area contributed by atoms with Gasteiger partial charge in [-0.3, -0.25) is 4.90 Å². The van der Waals surface area contributed by atoms with Crippen molar-refractivity contribution in [2.24, 2.45) is 5.92 Å². The fourth-order valence-corrected chi connectivity index (χ4v) is 2.82. The number of nitriles is 1. The number of hydrogen-bond donors (Lipinski definition) is 0. The van der Waals surface area contributed by atoms with Crippen LogP contribution < -0.4 is 0 Å². The minimum absolute atomic E-state index is 0.587. The molecule has 0 aliphatic heterocycles. The van der Waals surface area contributed by atoms with Gasteiger partial charge in [-0.2, -0.15) is 5.26 Å². The number of halogens is 1. The molecular weight excluding hydrogens is 268 g/mol. The van der Waals surface area contributed by atoms with Gasteiger partial charge in [0.05, 0.1) is 11.6 Å². The highest BCUT2D eigenvalue weighted by Gasteiger charge is 2.17.